The van der Waals surface area contributed by atoms with E-state index in [-0.39, 0.29) is 41.5 Å². The summed E-state index contributed by atoms with van der Waals surface area (Å²) in [5.74, 6) is -0.00758. The average molecular weight is 470 g/mol. The smallest absolute Gasteiger partial charge is 0.458 e. The Bertz CT molecular complexity index is 1020. The van der Waals surface area contributed by atoms with Crippen LogP contribution in [0.25, 0.3) is 0 Å². The van der Waals surface area contributed by atoms with Gasteiger partial charge in [-0.05, 0) is 36.7 Å². The average Bonchev–Trinajstić information content (AvgIpc) is 3.59. The van der Waals surface area contributed by atoms with Gasteiger partial charge in [0, 0.05) is 11.0 Å². The summed E-state index contributed by atoms with van der Waals surface area (Å²) >= 11 is 0. The molecule has 3 aliphatic carbocycles. The molecule has 0 unspecified atom stereocenters. The molecule has 0 radical (unpaired) electrons. The normalized spacial score (nSPS) is 54.1. The summed E-state index contributed by atoms with van der Waals surface area (Å²) in [7, 11) is -4.68. The third-order valence-corrected chi connectivity index (χ3v) is 9.96. The number of hydrogen-bond donors (Lipinski definition) is 2. The van der Waals surface area contributed by atoms with Crippen LogP contribution in [0.15, 0.2) is 11.1 Å². The van der Waals surface area contributed by atoms with Gasteiger partial charge in [-0.25, -0.2) is 9.36 Å². The number of rotatable bonds is 5. The summed E-state index contributed by atoms with van der Waals surface area (Å²) in [4.78, 5) is 30.5. The molecule has 11 heteroatoms. The van der Waals surface area contributed by atoms with Crippen molar-refractivity contribution in [2.24, 2.45) is 17.3 Å². The van der Waals surface area contributed by atoms with E-state index in [0.29, 0.717) is 13.0 Å². The van der Waals surface area contributed by atoms with Crippen molar-refractivity contribution < 1.29 is 47.4 Å². The predicted molar refractivity (Wildman–Crippen MR) is 104 cm³/mol. The van der Waals surface area contributed by atoms with E-state index in [1.165, 1.54) is 0 Å². The van der Waals surface area contributed by atoms with Crippen molar-refractivity contribution in [3.05, 3.63) is 11.1 Å². The summed E-state index contributed by atoms with van der Waals surface area (Å²) < 4.78 is 46.7. The molecule has 3 saturated heterocycles. The van der Waals surface area contributed by atoms with Crippen LogP contribution in [0.4, 0.5) is 0 Å². The van der Waals surface area contributed by atoms with E-state index in [1.807, 2.05) is 0 Å². The zero-order chi connectivity index (χ0) is 22.5. The van der Waals surface area contributed by atoms with E-state index < -0.39 is 37.5 Å². The quantitative estimate of drug-likeness (QED) is 0.261. The third-order valence-electron chi connectivity index (χ3n) is 9.52. The minimum Gasteiger partial charge on any atom is -0.458 e. The van der Waals surface area contributed by atoms with E-state index in [9.17, 15) is 9.36 Å². The maximum Gasteiger partial charge on any atom is 0.471 e. The summed E-state index contributed by atoms with van der Waals surface area (Å²) in [5, 5.41) is 0. The molecule has 2 spiro atoms. The lowest BCUT2D eigenvalue weighted by Crippen LogP contribution is -2.69. The number of epoxide rings is 3. The van der Waals surface area contributed by atoms with Gasteiger partial charge in [-0.3, -0.25) is 4.52 Å². The van der Waals surface area contributed by atoms with Crippen LogP contribution in [0, 0.1) is 17.3 Å². The zero-order valence-electron chi connectivity index (χ0n) is 18.1. The van der Waals surface area contributed by atoms with Crippen LogP contribution in [-0.2, 0) is 37.6 Å². The molecule has 7 rings (SSSR count). The Kier molecular flexibility index (Phi) is 3.65. The molecule has 0 amide bonds. The first-order valence-electron chi connectivity index (χ1n) is 11.3. The Morgan fingerprint density at radius 1 is 1.22 bits per heavy atom. The van der Waals surface area contributed by atoms with Crippen molar-refractivity contribution in [1.82, 2.24) is 0 Å². The van der Waals surface area contributed by atoms with Crippen LogP contribution in [0.3, 0.4) is 0 Å². The van der Waals surface area contributed by atoms with Gasteiger partial charge in [-0.2, -0.15) is 0 Å². The lowest BCUT2D eigenvalue weighted by atomic mass is 9.46. The highest BCUT2D eigenvalue weighted by atomic mass is 31.2. The van der Waals surface area contributed by atoms with Crippen LogP contribution in [0.2, 0.25) is 0 Å². The fourth-order valence-electron chi connectivity index (χ4n) is 8.08. The Hall–Kier alpha value is -0.840. The maximum atomic E-state index is 12.2. The van der Waals surface area contributed by atoms with Crippen molar-refractivity contribution in [2.75, 3.05) is 13.4 Å². The highest BCUT2D eigenvalue weighted by molar-refractivity contribution is 7.46. The SMILES string of the molecule is CC(C)[C@@]12O[C@@H]1[C@H]1O[C@@]13[C@@]1(O[C@@H]1C[C@@H]1C4=C(CC[C@]13C)C(=O)OC4)[C@H]2OCOP(=O)(O)O. The molecule has 7 aliphatic rings. The van der Waals surface area contributed by atoms with Crippen molar-refractivity contribution in [3.8, 4) is 0 Å². The number of carbonyl (C=O) groups is 1. The van der Waals surface area contributed by atoms with Crippen molar-refractivity contribution in [1.29, 1.82) is 0 Å². The molecule has 176 valence electrons. The number of fused-ring (bicyclic) bond motifs is 4. The number of hydrogen-bond acceptors (Lipinski definition) is 8. The van der Waals surface area contributed by atoms with E-state index in [1.54, 1.807) is 0 Å². The predicted octanol–water partition coefficient (Wildman–Crippen LogP) is 1.19. The molecule has 4 heterocycles. The van der Waals surface area contributed by atoms with Crippen LogP contribution in [-0.4, -0.2) is 70.4 Å². The Morgan fingerprint density at radius 3 is 2.72 bits per heavy atom. The number of cyclic esters (lactones) is 1. The van der Waals surface area contributed by atoms with Gasteiger partial charge in [0.25, 0.3) is 0 Å². The molecule has 4 aliphatic heterocycles. The third kappa shape index (κ3) is 2.05. The number of ether oxygens (including phenoxy) is 5. The lowest BCUT2D eigenvalue weighted by molar-refractivity contribution is -0.155. The van der Waals surface area contributed by atoms with E-state index >= 15 is 0 Å². The molecule has 9 atom stereocenters. The topological polar surface area (TPSA) is 140 Å². The number of carbonyl (C=O) groups excluding carboxylic acids is 1. The largest absolute Gasteiger partial charge is 0.471 e. The Balaban J connectivity index is 1.30. The molecule has 0 aromatic heterocycles. The first-order valence-corrected chi connectivity index (χ1v) is 12.8. The van der Waals surface area contributed by atoms with Gasteiger partial charge in [0.15, 0.2) is 12.4 Å². The molecule has 2 N–H and O–H groups in total. The molecule has 10 nitrogen and oxygen atoms in total. The van der Waals surface area contributed by atoms with Gasteiger partial charge in [0.2, 0.25) is 0 Å². The molecule has 0 aromatic rings. The first-order chi connectivity index (χ1) is 15.0. The van der Waals surface area contributed by atoms with Gasteiger partial charge in [-0.1, -0.05) is 20.8 Å². The summed E-state index contributed by atoms with van der Waals surface area (Å²) in [6, 6.07) is 0. The van der Waals surface area contributed by atoms with E-state index in [2.05, 4.69) is 25.3 Å². The fourth-order valence-corrected chi connectivity index (χ4v) is 8.28. The van der Waals surface area contributed by atoms with E-state index in [4.69, 9.17) is 33.5 Å². The molecule has 32 heavy (non-hydrogen) atoms. The zero-order valence-corrected chi connectivity index (χ0v) is 19.0. The van der Waals surface area contributed by atoms with Gasteiger partial charge in [-0.15, -0.1) is 0 Å². The second kappa shape index (κ2) is 5.69. The van der Waals surface area contributed by atoms with Crippen LogP contribution in [0.5, 0.6) is 0 Å². The second-order valence-electron chi connectivity index (χ2n) is 10.8. The van der Waals surface area contributed by atoms with Crippen LogP contribution in [0.1, 0.15) is 40.0 Å². The minimum absolute atomic E-state index is 0.0843. The van der Waals surface area contributed by atoms with Gasteiger partial charge < -0.3 is 33.5 Å². The Morgan fingerprint density at radius 2 is 2.00 bits per heavy atom. The minimum atomic E-state index is -4.68. The summed E-state index contributed by atoms with van der Waals surface area (Å²) in [5.41, 5.74) is -0.447. The maximum absolute atomic E-state index is 12.2. The summed E-state index contributed by atoms with van der Waals surface area (Å²) in [6.07, 6.45) is 1.09. The number of esters is 1. The first kappa shape index (κ1) is 20.5. The lowest BCUT2D eigenvalue weighted by Gasteiger charge is -2.54. The van der Waals surface area contributed by atoms with Crippen molar-refractivity contribution >= 4 is 13.8 Å². The van der Waals surface area contributed by atoms with Crippen molar-refractivity contribution in [2.45, 2.75) is 81.3 Å². The standard InChI is InChI=1S/C21H27O10P/c1-9(2)19-14(30-19)15-21(31-15)18(3)5-4-10-11(7-26-16(10)22)12(18)6-13-20(21,29-13)17(19)27-8-28-32(23,24)25/h9,12-15,17H,4-8H2,1-3H3,(H2,23,24,25)/t12-,13-,14-,15-,17+,18-,19-,20+,21+/m1/s1. The van der Waals surface area contributed by atoms with Gasteiger partial charge in [0.05, 0.1) is 6.10 Å². The number of phosphoric ester groups is 1. The second-order valence-corrected chi connectivity index (χ2v) is 12.0. The van der Waals surface area contributed by atoms with Crippen molar-refractivity contribution in [3.63, 3.8) is 0 Å². The van der Waals surface area contributed by atoms with Gasteiger partial charge >= 0.3 is 13.8 Å². The monoisotopic (exact) mass is 470 g/mol. The fraction of sp³-hybridized carbons (Fsp3) is 0.857. The highest BCUT2D eigenvalue weighted by Crippen LogP contribution is 2.83. The Labute approximate surface area is 184 Å². The van der Waals surface area contributed by atoms with E-state index in [0.717, 1.165) is 24.0 Å². The van der Waals surface area contributed by atoms with Gasteiger partial charge in [0.1, 0.15) is 36.1 Å². The molecular weight excluding hydrogens is 443 g/mol. The molecule has 0 aromatic carbocycles. The summed E-state index contributed by atoms with van der Waals surface area (Å²) in [6.45, 7) is 6.10. The molecule has 0 bridgehead atoms. The van der Waals surface area contributed by atoms with Crippen LogP contribution < -0.4 is 0 Å². The molecule has 2 saturated carbocycles. The highest BCUT2D eigenvalue weighted by Gasteiger charge is 3.00. The van der Waals surface area contributed by atoms with Crippen LogP contribution >= 0.6 is 7.82 Å². The number of phosphoric acid groups is 1. The molecule has 5 fully saturated rings. The molecular formula is C21H27O10P.